The third-order valence-corrected chi connectivity index (χ3v) is 6.48. The summed E-state index contributed by atoms with van der Waals surface area (Å²) in [5.41, 5.74) is 2.75. The van der Waals surface area contributed by atoms with Crippen molar-refractivity contribution in [1.82, 2.24) is 5.32 Å². The second-order valence-electron chi connectivity index (χ2n) is 7.75. The van der Waals surface area contributed by atoms with Crippen LogP contribution in [0.3, 0.4) is 0 Å². The maximum Gasteiger partial charge on any atom is 0.0449 e. The Morgan fingerprint density at radius 1 is 1.07 bits per heavy atom. The van der Waals surface area contributed by atoms with Gasteiger partial charge in [0.25, 0.3) is 0 Å². The van der Waals surface area contributed by atoms with E-state index in [2.05, 4.69) is 99.8 Å². The van der Waals surface area contributed by atoms with Crippen LogP contribution in [-0.4, -0.2) is 25.2 Å². The lowest BCUT2D eigenvalue weighted by Gasteiger charge is -2.38. The number of rotatable bonds is 7. The van der Waals surface area contributed by atoms with E-state index in [4.69, 9.17) is 0 Å². The van der Waals surface area contributed by atoms with E-state index in [-0.39, 0.29) is 0 Å². The zero-order valence-corrected chi connectivity index (χ0v) is 18.2. The van der Waals surface area contributed by atoms with Gasteiger partial charge >= 0.3 is 0 Å². The van der Waals surface area contributed by atoms with Crippen LogP contribution in [0.25, 0.3) is 10.8 Å². The van der Waals surface area contributed by atoms with Crippen molar-refractivity contribution in [3.8, 4) is 0 Å². The zero-order chi connectivity index (χ0) is 19.3. The molecule has 2 atom stereocenters. The fraction of sp³-hybridized carbons (Fsp3) is 0.360. The lowest BCUT2D eigenvalue weighted by Crippen LogP contribution is -2.48. The molecule has 0 saturated carbocycles. The van der Waals surface area contributed by atoms with E-state index in [1.165, 1.54) is 34.9 Å². The molecule has 4 rings (SSSR count). The average Bonchev–Trinajstić information content (AvgIpc) is 3.25. The van der Waals surface area contributed by atoms with Crippen LogP contribution in [0, 0.1) is 0 Å². The third kappa shape index (κ3) is 4.26. The molecular formula is C25H29BrN2. The second-order valence-corrected chi connectivity index (χ2v) is 8.67. The van der Waals surface area contributed by atoms with E-state index in [0.717, 1.165) is 30.4 Å². The Morgan fingerprint density at radius 3 is 2.68 bits per heavy atom. The molecule has 0 radical (unpaired) electrons. The Kier molecular flexibility index (Phi) is 6.33. The molecule has 3 aromatic rings. The zero-order valence-electron chi connectivity index (χ0n) is 16.6. The predicted octanol–water partition coefficient (Wildman–Crippen LogP) is 6.18. The first-order valence-corrected chi connectivity index (χ1v) is 11.3. The van der Waals surface area contributed by atoms with Gasteiger partial charge in [0, 0.05) is 34.2 Å². The molecule has 0 aliphatic carbocycles. The van der Waals surface area contributed by atoms with Gasteiger partial charge in [-0.15, -0.1) is 0 Å². The van der Waals surface area contributed by atoms with Gasteiger partial charge in [-0.25, -0.2) is 0 Å². The van der Waals surface area contributed by atoms with Gasteiger partial charge in [0.2, 0.25) is 0 Å². The Labute approximate surface area is 177 Å². The summed E-state index contributed by atoms with van der Waals surface area (Å²) >= 11 is 3.62. The molecule has 1 aliphatic rings. The minimum Gasteiger partial charge on any atom is -0.366 e. The minimum absolute atomic E-state index is 0.514. The second kappa shape index (κ2) is 9.11. The Hall–Kier alpha value is -1.84. The monoisotopic (exact) mass is 436 g/mol. The first-order chi connectivity index (χ1) is 13.8. The molecule has 3 aromatic carbocycles. The van der Waals surface area contributed by atoms with Crippen molar-refractivity contribution >= 4 is 32.4 Å². The topological polar surface area (TPSA) is 15.3 Å². The summed E-state index contributed by atoms with van der Waals surface area (Å²) in [6.45, 7) is 4.51. The van der Waals surface area contributed by atoms with Crippen LogP contribution in [0.2, 0.25) is 0 Å². The third-order valence-electron chi connectivity index (χ3n) is 5.99. The molecule has 1 N–H and O–H groups in total. The molecule has 3 heteroatoms. The minimum atomic E-state index is 0.514. The summed E-state index contributed by atoms with van der Waals surface area (Å²) in [6.07, 6.45) is 4.76. The fourth-order valence-corrected chi connectivity index (χ4v) is 5.07. The smallest absolute Gasteiger partial charge is 0.0449 e. The summed E-state index contributed by atoms with van der Waals surface area (Å²) in [5.74, 6) is 0. The summed E-state index contributed by atoms with van der Waals surface area (Å²) in [5, 5.41) is 6.44. The SMILES string of the molecule is CCC(C1CCCN1)N(CCc1cccc(Br)c1)c1cccc2ccccc12. The molecule has 2 nitrogen and oxygen atoms in total. The first-order valence-electron chi connectivity index (χ1n) is 10.5. The van der Waals surface area contributed by atoms with Crippen LogP contribution in [0.4, 0.5) is 5.69 Å². The number of hydrogen-bond acceptors (Lipinski definition) is 2. The quantitative estimate of drug-likeness (QED) is 0.475. The van der Waals surface area contributed by atoms with Crippen molar-refractivity contribution in [3.05, 3.63) is 76.8 Å². The van der Waals surface area contributed by atoms with Gasteiger partial charge in [0.1, 0.15) is 0 Å². The number of halogens is 1. The molecule has 1 heterocycles. The van der Waals surface area contributed by atoms with Crippen molar-refractivity contribution in [2.45, 2.75) is 44.7 Å². The Balaban J connectivity index is 1.69. The molecular weight excluding hydrogens is 408 g/mol. The molecule has 0 bridgehead atoms. The van der Waals surface area contributed by atoms with E-state index >= 15 is 0 Å². The molecule has 0 spiro atoms. The van der Waals surface area contributed by atoms with Crippen LogP contribution >= 0.6 is 15.9 Å². The number of benzene rings is 3. The van der Waals surface area contributed by atoms with Crippen molar-refractivity contribution in [2.24, 2.45) is 0 Å². The standard InChI is InChI=1S/C25H29BrN2/c1-2-24(23-13-7-16-27-23)28(17-15-19-8-5-11-21(26)18-19)25-14-6-10-20-9-3-4-12-22(20)25/h3-6,8-12,14,18,23-24,27H,2,7,13,15-17H2,1H3. The van der Waals surface area contributed by atoms with E-state index in [0.29, 0.717) is 12.1 Å². The highest BCUT2D eigenvalue weighted by molar-refractivity contribution is 9.10. The number of nitrogens with one attached hydrogen (secondary N) is 1. The summed E-state index contributed by atoms with van der Waals surface area (Å²) in [6, 6.07) is 25.3. The number of anilines is 1. The molecule has 1 aliphatic heterocycles. The van der Waals surface area contributed by atoms with Gasteiger partial charge in [-0.3, -0.25) is 0 Å². The Morgan fingerprint density at radius 2 is 1.89 bits per heavy atom. The van der Waals surface area contributed by atoms with Crippen LogP contribution in [-0.2, 0) is 6.42 Å². The van der Waals surface area contributed by atoms with Crippen molar-refractivity contribution < 1.29 is 0 Å². The lowest BCUT2D eigenvalue weighted by atomic mass is 9.98. The first kappa shape index (κ1) is 19.5. The highest BCUT2D eigenvalue weighted by atomic mass is 79.9. The number of nitrogens with zero attached hydrogens (tertiary/aromatic N) is 1. The molecule has 146 valence electrons. The number of hydrogen-bond donors (Lipinski definition) is 1. The summed E-state index contributed by atoms with van der Waals surface area (Å²) in [7, 11) is 0. The van der Waals surface area contributed by atoms with Gasteiger partial charge in [-0.05, 0) is 61.4 Å². The highest BCUT2D eigenvalue weighted by Gasteiger charge is 2.29. The van der Waals surface area contributed by atoms with E-state index in [1.807, 2.05) is 0 Å². The maximum absolute atomic E-state index is 3.76. The van der Waals surface area contributed by atoms with E-state index in [1.54, 1.807) is 0 Å². The van der Waals surface area contributed by atoms with Crippen molar-refractivity contribution in [2.75, 3.05) is 18.0 Å². The summed E-state index contributed by atoms with van der Waals surface area (Å²) < 4.78 is 1.16. The molecule has 0 amide bonds. The van der Waals surface area contributed by atoms with Crippen LogP contribution in [0.5, 0.6) is 0 Å². The molecule has 1 fully saturated rings. The van der Waals surface area contributed by atoms with Gasteiger partial charge < -0.3 is 10.2 Å². The van der Waals surface area contributed by atoms with Crippen molar-refractivity contribution in [1.29, 1.82) is 0 Å². The fourth-order valence-electron chi connectivity index (χ4n) is 4.63. The number of fused-ring (bicyclic) bond motifs is 1. The van der Waals surface area contributed by atoms with E-state index in [9.17, 15) is 0 Å². The van der Waals surface area contributed by atoms with Gasteiger partial charge in [-0.2, -0.15) is 0 Å². The Bertz CT molecular complexity index is 912. The molecule has 2 unspecified atom stereocenters. The average molecular weight is 437 g/mol. The van der Waals surface area contributed by atoms with Crippen LogP contribution < -0.4 is 10.2 Å². The summed E-state index contributed by atoms with van der Waals surface area (Å²) in [4.78, 5) is 2.67. The molecule has 0 aromatic heterocycles. The molecule has 28 heavy (non-hydrogen) atoms. The van der Waals surface area contributed by atoms with Crippen LogP contribution in [0.1, 0.15) is 31.7 Å². The van der Waals surface area contributed by atoms with Gasteiger partial charge in [0.15, 0.2) is 0 Å². The highest BCUT2D eigenvalue weighted by Crippen LogP contribution is 2.31. The van der Waals surface area contributed by atoms with E-state index < -0.39 is 0 Å². The van der Waals surface area contributed by atoms with Gasteiger partial charge in [-0.1, -0.05) is 71.4 Å². The van der Waals surface area contributed by atoms with Crippen molar-refractivity contribution in [3.63, 3.8) is 0 Å². The predicted molar refractivity (Wildman–Crippen MR) is 124 cm³/mol. The lowest BCUT2D eigenvalue weighted by molar-refractivity contribution is 0.440. The molecule has 1 saturated heterocycles. The van der Waals surface area contributed by atoms with Crippen LogP contribution in [0.15, 0.2) is 71.2 Å². The largest absolute Gasteiger partial charge is 0.366 e. The van der Waals surface area contributed by atoms with Gasteiger partial charge in [0.05, 0.1) is 0 Å². The maximum atomic E-state index is 3.76. The normalized spacial score (nSPS) is 17.7.